The van der Waals surface area contributed by atoms with Gasteiger partial charge in [-0.3, -0.25) is 4.79 Å². The third-order valence-electron chi connectivity index (χ3n) is 3.99. The van der Waals surface area contributed by atoms with Gasteiger partial charge in [-0.2, -0.15) is 18.4 Å². The monoisotopic (exact) mass is 376 g/mol. The van der Waals surface area contributed by atoms with Crippen LogP contribution < -0.4 is 10.1 Å². The van der Waals surface area contributed by atoms with Crippen molar-refractivity contribution in [2.45, 2.75) is 26.4 Å². The highest BCUT2D eigenvalue weighted by Gasteiger charge is 2.34. The lowest BCUT2D eigenvalue weighted by molar-refractivity contribution is -0.137. The fourth-order valence-electron chi connectivity index (χ4n) is 2.34. The molecule has 1 atom stereocenters. The summed E-state index contributed by atoms with van der Waals surface area (Å²) >= 11 is 0. The molecule has 2 rings (SSSR count). The van der Waals surface area contributed by atoms with Gasteiger partial charge in [-0.15, -0.1) is 0 Å². The largest absolute Gasteiger partial charge is 0.493 e. The number of hydrogen-bond donors (Lipinski definition) is 1. The Morgan fingerprint density at radius 3 is 2.44 bits per heavy atom. The second kappa shape index (κ2) is 8.58. The molecule has 0 bridgehead atoms. The number of rotatable bonds is 6. The lowest BCUT2D eigenvalue weighted by Gasteiger charge is -2.15. The number of ether oxygens (including phenoxy) is 1. The van der Waals surface area contributed by atoms with Gasteiger partial charge in [0.15, 0.2) is 0 Å². The first-order valence-corrected chi connectivity index (χ1v) is 8.38. The maximum atomic E-state index is 13.0. The van der Waals surface area contributed by atoms with Gasteiger partial charge in [-0.1, -0.05) is 26.0 Å². The molecule has 0 spiro atoms. The molecule has 0 saturated heterocycles. The van der Waals surface area contributed by atoms with Gasteiger partial charge in [-0.05, 0) is 42.3 Å². The van der Waals surface area contributed by atoms with Crippen molar-refractivity contribution >= 4 is 11.6 Å². The zero-order valence-corrected chi connectivity index (χ0v) is 14.9. The van der Waals surface area contributed by atoms with Crippen molar-refractivity contribution in [3.05, 3.63) is 59.2 Å². The number of halogens is 3. The molecule has 142 valence electrons. The molecular weight excluding hydrogens is 357 g/mol. The van der Waals surface area contributed by atoms with Crippen LogP contribution in [0.1, 0.15) is 30.5 Å². The highest BCUT2D eigenvalue weighted by Crippen LogP contribution is 2.33. The highest BCUT2D eigenvalue weighted by atomic mass is 19.4. The van der Waals surface area contributed by atoms with Crippen LogP contribution in [0.25, 0.3) is 0 Å². The smallest absolute Gasteiger partial charge is 0.417 e. The van der Waals surface area contributed by atoms with Crippen LogP contribution in [0.2, 0.25) is 0 Å². The number of hydrogen-bond acceptors (Lipinski definition) is 3. The third kappa shape index (κ3) is 5.48. The number of carbonyl (C=O) groups is 1. The highest BCUT2D eigenvalue weighted by molar-refractivity contribution is 5.92. The molecule has 2 aromatic carbocycles. The van der Waals surface area contributed by atoms with Crippen molar-refractivity contribution < 1.29 is 22.7 Å². The normalized spacial score (nSPS) is 12.1. The van der Waals surface area contributed by atoms with Gasteiger partial charge in [0, 0.05) is 5.69 Å². The molecule has 1 N–H and O–H groups in total. The van der Waals surface area contributed by atoms with E-state index in [2.05, 4.69) is 5.32 Å². The Balaban J connectivity index is 2.00. The van der Waals surface area contributed by atoms with E-state index in [1.54, 1.807) is 19.1 Å². The minimum atomic E-state index is -4.68. The van der Waals surface area contributed by atoms with Crippen LogP contribution in [-0.2, 0) is 17.4 Å². The Bertz CT molecular complexity index is 840. The zero-order chi connectivity index (χ0) is 20.0. The van der Waals surface area contributed by atoms with E-state index < -0.39 is 29.1 Å². The summed E-state index contributed by atoms with van der Waals surface area (Å²) in [6.45, 7) is 3.74. The number of nitrogens with one attached hydrogen (secondary N) is 1. The van der Waals surface area contributed by atoms with Gasteiger partial charge < -0.3 is 10.1 Å². The third-order valence-corrected chi connectivity index (χ3v) is 3.99. The molecule has 0 aromatic heterocycles. The van der Waals surface area contributed by atoms with Crippen LogP contribution in [0.5, 0.6) is 5.75 Å². The molecule has 0 fully saturated rings. The molecule has 0 heterocycles. The van der Waals surface area contributed by atoms with Crippen molar-refractivity contribution in [2.75, 3.05) is 11.9 Å². The van der Waals surface area contributed by atoms with Gasteiger partial charge in [0.1, 0.15) is 5.75 Å². The molecule has 7 heteroatoms. The predicted octanol–water partition coefficient (Wildman–Crippen LogP) is 4.79. The summed E-state index contributed by atoms with van der Waals surface area (Å²) in [4.78, 5) is 12.2. The van der Waals surface area contributed by atoms with Crippen LogP contribution in [0, 0.1) is 17.2 Å². The molecule has 0 saturated carbocycles. The average Bonchev–Trinajstić information content (AvgIpc) is 2.65. The van der Waals surface area contributed by atoms with Crippen LogP contribution in [0.4, 0.5) is 18.9 Å². The topological polar surface area (TPSA) is 62.1 Å². The number of alkyl halides is 3. The molecule has 27 heavy (non-hydrogen) atoms. The molecule has 0 aliphatic rings. The molecule has 0 radical (unpaired) electrons. The fraction of sp³-hybridized carbons (Fsp3) is 0.300. The number of carbonyl (C=O) groups excluding carboxylic acids is 1. The van der Waals surface area contributed by atoms with Crippen molar-refractivity contribution in [2.24, 2.45) is 5.92 Å². The van der Waals surface area contributed by atoms with E-state index in [0.29, 0.717) is 5.75 Å². The molecular formula is C20H19F3N2O2. The van der Waals surface area contributed by atoms with E-state index in [4.69, 9.17) is 10.00 Å². The van der Waals surface area contributed by atoms with Gasteiger partial charge in [0.25, 0.3) is 0 Å². The lowest BCUT2D eigenvalue weighted by atomic mass is 10.1. The number of nitriles is 1. The van der Waals surface area contributed by atoms with Crippen molar-refractivity contribution in [1.82, 2.24) is 0 Å². The quantitative estimate of drug-likeness (QED) is 0.788. The summed E-state index contributed by atoms with van der Waals surface area (Å²) in [5.74, 6) is -0.441. The maximum Gasteiger partial charge on any atom is 0.417 e. The first-order valence-electron chi connectivity index (χ1n) is 8.38. The van der Waals surface area contributed by atoms with Gasteiger partial charge >= 0.3 is 6.18 Å². The Morgan fingerprint density at radius 1 is 1.22 bits per heavy atom. The van der Waals surface area contributed by atoms with Crippen LogP contribution in [-0.4, -0.2) is 12.5 Å². The first-order chi connectivity index (χ1) is 12.7. The average molecular weight is 376 g/mol. The molecule has 0 aliphatic carbocycles. The summed E-state index contributed by atoms with van der Waals surface area (Å²) in [6.07, 6.45) is -3.77. The second-order valence-corrected chi connectivity index (χ2v) is 6.07. The summed E-state index contributed by atoms with van der Waals surface area (Å²) in [5, 5.41) is 11.2. The van der Waals surface area contributed by atoms with Gasteiger partial charge in [-0.25, -0.2) is 0 Å². The van der Waals surface area contributed by atoms with Crippen LogP contribution in [0.15, 0.2) is 42.5 Å². The lowest BCUT2D eigenvalue weighted by Crippen LogP contribution is -2.25. The molecule has 1 unspecified atom stereocenters. The minimum Gasteiger partial charge on any atom is -0.493 e. The molecule has 1 amide bonds. The summed E-state index contributed by atoms with van der Waals surface area (Å²) in [6, 6.07) is 12.0. The van der Waals surface area contributed by atoms with Crippen LogP contribution >= 0.6 is 0 Å². The number of amides is 1. The number of nitrogens with zero attached hydrogens (tertiary/aromatic N) is 1. The van der Waals surface area contributed by atoms with E-state index in [-0.39, 0.29) is 12.3 Å². The Labute approximate surface area is 155 Å². The van der Waals surface area contributed by atoms with E-state index in [1.807, 2.05) is 19.1 Å². The maximum absolute atomic E-state index is 13.0. The summed E-state index contributed by atoms with van der Waals surface area (Å²) in [7, 11) is 0. The van der Waals surface area contributed by atoms with Crippen molar-refractivity contribution in [3.8, 4) is 11.8 Å². The van der Waals surface area contributed by atoms with Crippen molar-refractivity contribution in [1.29, 1.82) is 5.26 Å². The Morgan fingerprint density at radius 2 is 1.89 bits per heavy atom. The van der Waals surface area contributed by atoms with E-state index in [9.17, 15) is 18.0 Å². The van der Waals surface area contributed by atoms with Crippen LogP contribution in [0.3, 0.4) is 0 Å². The number of benzene rings is 2. The standard InChI is InChI=1S/C20H19F3N2O2/c1-3-14-4-8-17(9-5-14)27-12-13(2)19(26)25-16-7-6-15(11-24)18(10-16)20(21,22)23/h4-10,13H,3,12H2,1-2H3,(H,25,26). The van der Waals surface area contributed by atoms with Gasteiger partial charge in [0.05, 0.1) is 29.7 Å². The SMILES string of the molecule is CCc1ccc(OCC(C)C(=O)Nc2ccc(C#N)c(C(F)(F)F)c2)cc1. The van der Waals surface area contributed by atoms with Crippen molar-refractivity contribution in [3.63, 3.8) is 0 Å². The summed E-state index contributed by atoms with van der Waals surface area (Å²) < 4.78 is 44.5. The Kier molecular flexibility index (Phi) is 6.45. The number of aryl methyl sites for hydroxylation is 1. The zero-order valence-electron chi connectivity index (χ0n) is 14.9. The molecule has 0 aliphatic heterocycles. The molecule has 4 nitrogen and oxygen atoms in total. The van der Waals surface area contributed by atoms with E-state index in [0.717, 1.165) is 24.1 Å². The predicted molar refractivity (Wildman–Crippen MR) is 95.3 cm³/mol. The summed E-state index contributed by atoms with van der Waals surface area (Å²) in [5.41, 5.74) is -0.435. The van der Waals surface area contributed by atoms with Gasteiger partial charge in [0.2, 0.25) is 5.91 Å². The second-order valence-electron chi connectivity index (χ2n) is 6.07. The first kappa shape index (κ1) is 20.3. The van der Waals surface area contributed by atoms with E-state index >= 15 is 0 Å². The Hall–Kier alpha value is -3.01. The molecule has 2 aromatic rings. The van der Waals surface area contributed by atoms with E-state index in [1.165, 1.54) is 12.1 Å². The number of anilines is 1. The fourth-order valence-corrected chi connectivity index (χ4v) is 2.34. The minimum absolute atomic E-state index is 0.0227.